The number of ether oxygens (including phenoxy) is 3. The summed E-state index contributed by atoms with van der Waals surface area (Å²) in [5.74, 6) is -1.74. The van der Waals surface area contributed by atoms with Crippen LogP contribution in [-0.4, -0.2) is 59.3 Å². The summed E-state index contributed by atoms with van der Waals surface area (Å²) in [6.45, 7) is 11.8. The summed E-state index contributed by atoms with van der Waals surface area (Å²) < 4.78 is 15.4. The molecule has 0 radical (unpaired) electrons. The van der Waals surface area contributed by atoms with E-state index in [0.29, 0.717) is 40.2 Å². The standard InChI is InChI=1S/C37H46N4O7/c1-10-22-17(2)25-16-30-33(21(6)42)19(4)27(39-30)14-26-18(3)23(11-12-31(43)46-7)35(40-26)24(13-32(44)47-8)36-34(37(45)48-9)20(5)28(41-36)15-29(22)38-25/h14-16,18,21,23,38-42H,10-13H2,1-9H3. The van der Waals surface area contributed by atoms with Crippen LogP contribution in [0.1, 0.15) is 107 Å². The minimum atomic E-state index is -0.728. The number of carbonyl (C=O) groups is 3. The van der Waals surface area contributed by atoms with Crippen molar-refractivity contribution in [1.82, 2.24) is 20.3 Å². The van der Waals surface area contributed by atoms with Gasteiger partial charge in [0.25, 0.3) is 0 Å². The Morgan fingerprint density at radius 3 is 2.15 bits per heavy atom. The Labute approximate surface area is 280 Å². The summed E-state index contributed by atoms with van der Waals surface area (Å²) in [6, 6.07) is 0. The Morgan fingerprint density at radius 1 is 0.854 bits per heavy atom. The molecule has 5 heterocycles. The van der Waals surface area contributed by atoms with Crippen LogP contribution >= 0.6 is 0 Å². The fraction of sp³-hybridized carbons (Fsp3) is 0.432. The molecular formula is C37H46N4O7. The lowest BCUT2D eigenvalue weighted by Gasteiger charge is -2.19. The molecule has 2 aliphatic heterocycles. The Morgan fingerprint density at radius 2 is 1.52 bits per heavy atom. The minimum absolute atomic E-state index is 0.123. The molecule has 3 aromatic heterocycles. The van der Waals surface area contributed by atoms with Crippen LogP contribution in [0.5, 0.6) is 0 Å². The van der Waals surface area contributed by atoms with E-state index in [4.69, 9.17) is 14.2 Å². The van der Waals surface area contributed by atoms with Crippen molar-refractivity contribution in [2.75, 3.05) is 21.3 Å². The number of allylic oxidation sites excluding steroid dienone is 2. The van der Waals surface area contributed by atoms with E-state index in [2.05, 4.69) is 41.0 Å². The van der Waals surface area contributed by atoms with Gasteiger partial charge < -0.3 is 39.6 Å². The average Bonchev–Trinajstić information content (AvgIpc) is 3.74. The van der Waals surface area contributed by atoms with Crippen LogP contribution in [-0.2, 0) is 30.2 Å². The zero-order chi connectivity index (χ0) is 35.0. The van der Waals surface area contributed by atoms with E-state index < -0.39 is 18.0 Å². The predicted octanol–water partition coefficient (Wildman–Crippen LogP) is 4.09. The largest absolute Gasteiger partial charge is 0.469 e. The van der Waals surface area contributed by atoms with Crippen molar-refractivity contribution in [1.29, 1.82) is 0 Å². The smallest absolute Gasteiger partial charge is 0.340 e. The van der Waals surface area contributed by atoms with Crippen molar-refractivity contribution in [3.05, 3.63) is 78.2 Å². The highest BCUT2D eigenvalue weighted by atomic mass is 16.5. The number of hydrogen-bond acceptors (Lipinski definition) is 8. The van der Waals surface area contributed by atoms with Gasteiger partial charge in [-0.2, -0.15) is 0 Å². The molecular weight excluding hydrogens is 612 g/mol. The van der Waals surface area contributed by atoms with Gasteiger partial charge in [-0.05, 0) is 81.0 Å². The first-order valence-corrected chi connectivity index (χ1v) is 16.3. The minimum Gasteiger partial charge on any atom is -0.469 e. The molecule has 5 rings (SSSR count). The molecule has 3 atom stereocenters. The fourth-order valence-electron chi connectivity index (χ4n) is 7.24. The number of rotatable bonds is 8. The first-order valence-electron chi connectivity index (χ1n) is 16.3. The zero-order valence-corrected chi connectivity index (χ0v) is 29.2. The van der Waals surface area contributed by atoms with E-state index in [-0.39, 0.29) is 30.6 Å². The number of methoxy groups -OCH3 is 3. The number of aliphatic hydroxyl groups is 1. The highest BCUT2D eigenvalue weighted by Gasteiger charge is 2.37. The molecule has 0 amide bonds. The van der Waals surface area contributed by atoms with E-state index in [9.17, 15) is 19.5 Å². The Hall–Kier alpha value is -4.77. The van der Waals surface area contributed by atoms with Crippen molar-refractivity contribution in [3.8, 4) is 0 Å². The molecule has 256 valence electrons. The number of nitrogens with one attached hydrogen (secondary N) is 4. The quantitative estimate of drug-likeness (QED) is 0.179. The first kappa shape index (κ1) is 34.6. The molecule has 0 aromatic carbocycles. The molecule has 5 N–H and O–H groups in total. The Balaban J connectivity index is 1.94. The molecule has 3 unspecified atom stereocenters. The number of carbonyl (C=O) groups excluding carboxylic acids is 3. The van der Waals surface area contributed by atoms with Crippen LogP contribution in [0.2, 0.25) is 0 Å². The van der Waals surface area contributed by atoms with Gasteiger partial charge in [-0.3, -0.25) is 9.59 Å². The lowest BCUT2D eigenvalue weighted by Crippen LogP contribution is -2.17. The van der Waals surface area contributed by atoms with E-state index in [0.717, 1.165) is 56.5 Å². The number of H-pyrrole nitrogens is 3. The maximum absolute atomic E-state index is 13.5. The summed E-state index contributed by atoms with van der Waals surface area (Å²) >= 11 is 0. The van der Waals surface area contributed by atoms with Crippen LogP contribution in [0.15, 0.2) is 11.4 Å². The second-order valence-corrected chi connectivity index (χ2v) is 12.7. The van der Waals surface area contributed by atoms with E-state index in [1.54, 1.807) is 6.92 Å². The van der Waals surface area contributed by atoms with E-state index in [1.807, 2.05) is 32.1 Å². The molecule has 1 saturated heterocycles. The van der Waals surface area contributed by atoms with Crippen LogP contribution in [0.3, 0.4) is 0 Å². The van der Waals surface area contributed by atoms with Gasteiger partial charge in [-0.1, -0.05) is 13.8 Å². The normalized spacial score (nSPS) is 17.6. The molecule has 11 heteroatoms. The highest BCUT2D eigenvalue weighted by molar-refractivity contribution is 6.00. The lowest BCUT2D eigenvalue weighted by atomic mass is 9.85. The van der Waals surface area contributed by atoms with Crippen LogP contribution in [0, 0.1) is 32.6 Å². The third-order valence-electron chi connectivity index (χ3n) is 9.95. The third-order valence-corrected chi connectivity index (χ3v) is 9.95. The summed E-state index contributed by atoms with van der Waals surface area (Å²) in [4.78, 5) is 49.5. The monoisotopic (exact) mass is 658 g/mol. The van der Waals surface area contributed by atoms with E-state index in [1.165, 1.54) is 21.3 Å². The Bertz CT molecular complexity index is 1970. The maximum atomic E-state index is 13.5. The molecule has 48 heavy (non-hydrogen) atoms. The highest BCUT2D eigenvalue weighted by Crippen LogP contribution is 2.43. The van der Waals surface area contributed by atoms with Gasteiger partial charge in [0.2, 0.25) is 0 Å². The van der Waals surface area contributed by atoms with Gasteiger partial charge in [-0.25, -0.2) is 4.79 Å². The number of hydrogen-bond donors (Lipinski definition) is 5. The molecule has 11 nitrogen and oxygen atoms in total. The van der Waals surface area contributed by atoms with Crippen molar-refractivity contribution in [2.24, 2.45) is 11.8 Å². The third kappa shape index (κ3) is 6.14. The first-order chi connectivity index (χ1) is 22.8. The topological polar surface area (TPSA) is 159 Å². The van der Waals surface area contributed by atoms with Crippen molar-refractivity contribution in [3.63, 3.8) is 0 Å². The number of aromatic nitrogens is 3. The molecule has 8 bridgehead atoms. The summed E-state index contributed by atoms with van der Waals surface area (Å²) in [5.41, 5.74) is 9.70. The van der Waals surface area contributed by atoms with Gasteiger partial charge in [0.1, 0.15) is 0 Å². The average molecular weight is 659 g/mol. The van der Waals surface area contributed by atoms with Crippen LogP contribution in [0.25, 0.3) is 23.8 Å². The van der Waals surface area contributed by atoms with Crippen molar-refractivity contribution in [2.45, 2.75) is 73.3 Å². The van der Waals surface area contributed by atoms with Crippen molar-refractivity contribution >= 4 is 41.7 Å². The summed E-state index contributed by atoms with van der Waals surface area (Å²) in [5, 5.41) is 16.3. The fourth-order valence-corrected chi connectivity index (χ4v) is 7.24. The number of aromatic amines is 3. The second kappa shape index (κ2) is 13.8. The lowest BCUT2D eigenvalue weighted by molar-refractivity contribution is -0.141. The molecule has 1 fully saturated rings. The molecule has 0 spiro atoms. The molecule has 0 saturated carbocycles. The number of esters is 3. The van der Waals surface area contributed by atoms with Gasteiger partial charge in [0, 0.05) is 68.6 Å². The van der Waals surface area contributed by atoms with Crippen LogP contribution < -0.4 is 16.0 Å². The Kier molecular flexibility index (Phi) is 9.91. The van der Waals surface area contributed by atoms with Gasteiger partial charge in [0.05, 0.1) is 45.1 Å². The van der Waals surface area contributed by atoms with Gasteiger partial charge in [0.15, 0.2) is 0 Å². The molecule has 3 aromatic rings. The van der Waals surface area contributed by atoms with Crippen molar-refractivity contribution < 1.29 is 33.7 Å². The number of aliphatic hydroxyl groups excluding tert-OH is 1. The number of fused-ring (bicyclic) bond motifs is 8. The zero-order valence-electron chi connectivity index (χ0n) is 29.2. The summed E-state index contributed by atoms with van der Waals surface area (Å²) in [6.07, 6.45) is 6.50. The molecule has 2 aliphatic rings. The van der Waals surface area contributed by atoms with Gasteiger partial charge >= 0.3 is 17.9 Å². The predicted molar refractivity (Wildman–Crippen MR) is 183 cm³/mol. The van der Waals surface area contributed by atoms with E-state index >= 15 is 0 Å². The molecule has 0 aliphatic carbocycles. The second-order valence-electron chi connectivity index (χ2n) is 12.7. The SMILES string of the molecule is CCc1c(C)c2[nH]c1=Cc1[nH]c(c(C(=O)OC)c1C)C(CC(=O)OC)=C1NC(=Cc3[nH]c(c(C(C)O)c3C)C=2)C(C)C1CCC(=O)OC. The summed E-state index contributed by atoms with van der Waals surface area (Å²) in [7, 11) is 4.02. The van der Waals surface area contributed by atoms with Gasteiger partial charge in [-0.15, -0.1) is 0 Å². The maximum Gasteiger partial charge on any atom is 0.340 e. The van der Waals surface area contributed by atoms with Crippen LogP contribution in [0.4, 0.5) is 0 Å².